The normalized spacial score (nSPS) is 15.5. The van der Waals surface area contributed by atoms with Crippen LogP contribution in [0.4, 0.5) is 4.39 Å². The first kappa shape index (κ1) is 8.10. The van der Waals surface area contributed by atoms with Crippen LogP contribution < -0.4 is 0 Å². The zero-order valence-electron chi connectivity index (χ0n) is 6.64. The van der Waals surface area contributed by atoms with E-state index in [4.69, 9.17) is 0 Å². The first-order chi connectivity index (χ1) is 5.77. The van der Waals surface area contributed by atoms with Crippen LogP contribution in [0.15, 0.2) is 30.3 Å². The van der Waals surface area contributed by atoms with Crippen molar-refractivity contribution in [2.24, 2.45) is 0 Å². The smallest absolute Gasteiger partial charge is 0.155 e. The summed E-state index contributed by atoms with van der Waals surface area (Å²) >= 11 is -0.521. The minimum Gasteiger partial charge on any atom is -0.200 e. The van der Waals surface area contributed by atoms with Gasteiger partial charge in [-0.05, 0) is 50.9 Å². The summed E-state index contributed by atoms with van der Waals surface area (Å²) in [5.74, 6) is 0. The second-order valence-electron chi connectivity index (χ2n) is 2.69. The third kappa shape index (κ3) is 1.35. The molecule has 0 N–H and O–H groups in total. The molecule has 0 aromatic heterocycles. The lowest BCUT2D eigenvalue weighted by Crippen LogP contribution is -1.93. The number of hydrogen-bond donors (Lipinski definition) is 0. The number of allylic oxidation sites excluding steroid dienone is 2. The highest BCUT2D eigenvalue weighted by Crippen LogP contribution is 2.29. The molecular weight excluding hydrogens is 266 g/mol. The monoisotopic (exact) mass is 274 g/mol. The molecule has 0 fully saturated rings. The van der Waals surface area contributed by atoms with E-state index in [2.05, 4.69) is 6.07 Å². The van der Waals surface area contributed by atoms with Crippen molar-refractivity contribution < 1.29 is 4.39 Å². The van der Waals surface area contributed by atoms with Crippen LogP contribution in [0.3, 0.4) is 0 Å². The van der Waals surface area contributed by atoms with Crippen molar-refractivity contribution in [1.82, 2.24) is 0 Å². The number of hydrogen-bond acceptors (Lipinski definition) is 0. The zero-order valence-corrected chi connectivity index (χ0v) is 8.80. The Morgan fingerprint density at radius 3 is 2.83 bits per heavy atom. The van der Waals surface area contributed by atoms with Gasteiger partial charge in [0.05, 0.1) is 0 Å². The van der Waals surface area contributed by atoms with Gasteiger partial charge in [0, 0.05) is 3.57 Å². The second-order valence-corrected chi connectivity index (χ2v) is 5.42. The standard InChI is InChI=1S/C10H8FI/c1-7-6-10(11)12-9-5-3-2-4-8(7)9/h2-6H,1H3. The van der Waals surface area contributed by atoms with Gasteiger partial charge < -0.3 is 0 Å². The highest BCUT2D eigenvalue weighted by Gasteiger charge is 2.08. The fourth-order valence-corrected chi connectivity index (χ4v) is 3.69. The van der Waals surface area contributed by atoms with Gasteiger partial charge in [-0.3, -0.25) is 0 Å². The van der Waals surface area contributed by atoms with Crippen LogP contribution in [0.2, 0.25) is 0 Å². The molecule has 0 bridgehead atoms. The van der Waals surface area contributed by atoms with Gasteiger partial charge in [0.1, 0.15) is 0 Å². The summed E-state index contributed by atoms with van der Waals surface area (Å²) in [4.78, 5) is 0. The van der Waals surface area contributed by atoms with Gasteiger partial charge in [0.2, 0.25) is 0 Å². The molecule has 1 aliphatic rings. The van der Waals surface area contributed by atoms with Gasteiger partial charge in [0.25, 0.3) is 0 Å². The van der Waals surface area contributed by atoms with E-state index in [9.17, 15) is 4.39 Å². The predicted octanol–water partition coefficient (Wildman–Crippen LogP) is 3.34. The summed E-state index contributed by atoms with van der Waals surface area (Å²) in [7, 11) is 0. The van der Waals surface area contributed by atoms with Gasteiger partial charge in [0.15, 0.2) is 3.76 Å². The Hall–Kier alpha value is -0.510. The Kier molecular flexibility index (Phi) is 2.09. The largest absolute Gasteiger partial charge is 0.200 e. The molecule has 0 atom stereocenters. The molecule has 2 heteroatoms. The molecule has 1 aromatic carbocycles. The lowest BCUT2D eigenvalue weighted by atomic mass is 10.1. The number of rotatable bonds is 0. The van der Waals surface area contributed by atoms with Gasteiger partial charge >= 0.3 is 0 Å². The number of benzene rings is 1. The molecule has 0 saturated carbocycles. The molecule has 0 saturated heterocycles. The second kappa shape index (κ2) is 3.09. The predicted molar refractivity (Wildman–Crippen MR) is 58.9 cm³/mol. The third-order valence-electron chi connectivity index (χ3n) is 1.82. The molecule has 1 heterocycles. The minimum atomic E-state index is -0.521. The summed E-state index contributed by atoms with van der Waals surface area (Å²) in [6, 6.07) is 8.07. The lowest BCUT2D eigenvalue weighted by molar-refractivity contribution is 0.839. The van der Waals surface area contributed by atoms with E-state index >= 15 is 0 Å². The molecule has 0 aliphatic carbocycles. The molecule has 0 unspecified atom stereocenters. The van der Waals surface area contributed by atoms with Crippen LogP contribution in [-0.2, 0) is 0 Å². The Morgan fingerprint density at radius 2 is 2.00 bits per heavy atom. The first-order valence-corrected chi connectivity index (χ1v) is 5.88. The summed E-state index contributed by atoms with van der Waals surface area (Å²) in [5.41, 5.74) is 2.28. The average molecular weight is 274 g/mol. The fraction of sp³-hybridized carbons (Fsp3) is 0.100. The van der Waals surface area contributed by atoms with Crippen molar-refractivity contribution in [2.45, 2.75) is 6.92 Å². The molecule has 0 radical (unpaired) electrons. The summed E-state index contributed by atoms with van der Waals surface area (Å²) in [6.07, 6.45) is 1.66. The van der Waals surface area contributed by atoms with Crippen LogP contribution in [-0.4, -0.2) is 3.76 Å². The molecule has 1 aliphatic heterocycles. The van der Waals surface area contributed by atoms with Crippen LogP contribution >= 0.6 is 20.7 Å². The van der Waals surface area contributed by atoms with E-state index in [1.54, 1.807) is 6.08 Å². The van der Waals surface area contributed by atoms with E-state index in [1.807, 2.05) is 25.1 Å². The quantitative estimate of drug-likeness (QED) is 0.636. The minimum absolute atomic E-state index is 0.0741. The maximum absolute atomic E-state index is 13.0. The first-order valence-electron chi connectivity index (χ1n) is 3.72. The van der Waals surface area contributed by atoms with Crippen molar-refractivity contribution >= 4 is 30.1 Å². The van der Waals surface area contributed by atoms with Crippen LogP contribution in [0.25, 0.3) is 5.57 Å². The van der Waals surface area contributed by atoms with Crippen LogP contribution in [0.1, 0.15) is 12.5 Å². The van der Waals surface area contributed by atoms with Crippen LogP contribution in [0, 0.1) is 3.57 Å². The van der Waals surface area contributed by atoms with E-state index < -0.39 is 20.7 Å². The zero-order chi connectivity index (χ0) is 8.55. The molecule has 1 aromatic rings. The van der Waals surface area contributed by atoms with E-state index in [0.29, 0.717) is 0 Å². The van der Waals surface area contributed by atoms with Crippen molar-refractivity contribution in [1.29, 1.82) is 0 Å². The Balaban J connectivity index is 2.66. The molecule has 0 spiro atoms. The van der Waals surface area contributed by atoms with E-state index in [1.165, 1.54) is 9.13 Å². The van der Waals surface area contributed by atoms with Crippen molar-refractivity contribution in [3.8, 4) is 0 Å². The Bertz CT molecular complexity index is 377. The van der Waals surface area contributed by atoms with Crippen molar-refractivity contribution in [2.75, 3.05) is 0 Å². The van der Waals surface area contributed by atoms with Gasteiger partial charge in [-0.25, -0.2) is 4.39 Å². The molecule has 2 rings (SSSR count). The number of halogens is 2. The topological polar surface area (TPSA) is 0 Å². The Labute approximate surface area is 80.9 Å². The molecular formula is C10H8FI. The average Bonchev–Trinajstić information content (AvgIpc) is 2.04. The van der Waals surface area contributed by atoms with Crippen molar-refractivity contribution in [3.63, 3.8) is 0 Å². The van der Waals surface area contributed by atoms with E-state index in [-0.39, 0.29) is 3.76 Å². The molecule has 62 valence electrons. The van der Waals surface area contributed by atoms with Crippen LogP contribution in [0.5, 0.6) is 0 Å². The van der Waals surface area contributed by atoms with Gasteiger partial charge in [-0.2, -0.15) is 0 Å². The fourth-order valence-electron chi connectivity index (χ4n) is 1.23. The maximum atomic E-state index is 13.0. The molecule has 12 heavy (non-hydrogen) atoms. The SMILES string of the molecule is CC1=CC(F)=Ic2ccccc21. The van der Waals surface area contributed by atoms with E-state index in [0.717, 1.165) is 5.57 Å². The summed E-state index contributed by atoms with van der Waals surface area (Å²) < 4.78 is 14.3. The van der Waals surface area contributed by atoms with Gasteiger partial charge in [-0.1, -0.05) is 18.2 Å². The highest BCUT2D eigenvalue weighted by atomic mass is 127. The maximum Gasteiger partial charge on any atom is 0.155 e. The number of fused-ring (bicyclic) bond motifs is 1. The summed E-state index contributed by atoms with van der Waals surface area (Å²) in [6.45, 7) is 1.96. The Morgan fingerprint density at radius 1 is 1.25 bits per heavy atom. The summed E-state index contributed by atoms with van der Waals surface area (Å²) in [5, 5.41) is 0. The highest BCUT2D eigenvalue weighted by molar-refractivity contribution is 14.2. The van der Waals surface area contributed by atoms with Crippen molar-refractivity contribution in [3.05, 3.63) is 39.5 Å². The molecule has 0 amide bonds. The molecule has 0 nitrogen and oxygen atoms in total. The van der Waals surface area contributed by atoms with Gasteiger partial charge in [-0.15, -0.1) is 0 Å². The third-order valence-corrected chi connectivity index (χ3v) is 4.16. The lowest BCUT2D eigenvalue weighted by Gasteiger charge is -2.09.